The summed E-state index contributed by atoms with van der Waals surface area (Å²) in [5.41, 5.74) is 9.41. The van der Waals surface area contributed by atoms with Crippen molar-refractivity contribution in [1.82, 2.24) is 0 Å². The molecule has 4 aliphatic rings. The molecule has 17 heavy (non-hydrogen) atoms. The van der Waals surface area contributed by atoms with E-state index in [1.165, 1.54) is 36.2 Å². The highest BCUT2D eigenvalue weighted by Gasteiger charge is 2.47. The molecule has 1 unspecified atom stereocenters. The number of rotatable bonds is 0. The average Bonchev–Trinajstić information content (AvgIpc) is 3.07. The fourth-order valence-electron chi connectivity index (χ4n) is 4.10. The first-order valence-electron chi connectivity index (χ1n) is 6.60. The third-order valence-electron chi connectivity index (χ3n) is 4.77. The molecule has 1 aromatic rings. The summed E-state index contributed by atoms with van der Waals surface area (Å²) in [6.07, 6.45) is 12.0. The molecule has 0 amide bonds. The number of hydrogen-bond acceptors (Lipinski definition) is 0. The zero-order chi connectivity index (χ0) is 11.0. The Morgan fingerprint density at radius 3 is 3.18 bits per heavy atom. The minimum Gasteiger partial charge on any atom is -0.185 e. The minimum absolute atomic E-state index is 0.659. The molecule has 1 atom stereocenters. The molecule has 82 valence electrons. The molecule has 0 spiro atoms. The topological polar surface area (TPSA) is 3.88 Å². The molecule has 1 heteroatoms. The molecule has 1 saturated carbocycles. The number of fused-ring (bicyclic) bond motifs is 5. The van der Waals surface area contributed by atoms with Gasteiger partial charge in [0.05, 0.1) is 0 Å². The van der Waals surface area contributed by atoms with Crippen LogP contribution in [0.3, 0.4) is 0 Å². The van der Waals surface area contributed by atoms with E-state index in [9.17, 15) is 0 Å². The maximum atomic E-state index is 2.61. The Morgan fingerprint density at radius 1 is 1.18 bits per heavy atom. The molecule has 1 nitrogen and oxygen atoms in total. The molecule has 5 rings (SSSR count). The van der Waals surface area contributed by atoms with Gasteiger partial charge in [0.1, 0.15) is 0 Å². The summed E-state index contributed by atoms with van der Waals surface area (Å²) in [7, 11) is 0. The quantitative estimate of drug-likeness (QED) is 0.592. The van der Waals surface area contributed by atoms with E-state index in [4.69, 9.17) is 0 Å². The van der Waals surface area contributed by atoms with E-state index >= 15 is 0 Å². The standard InChI is InChI=1S/C16H14N/c1-2-10-5-8-14-12-7-4-11-6-9-15(16(11)12)17(14)13(10)3-1/h1,3-5,8,15H,2,6-7,9H2/q+1. The van der Waals surface area contributed by atoms with Gasteiger partial charge in [0.25, 0.3) is 0 Å². The van der Waals surface area contributed by atoms with Crippen LogP contribution in [0.2, 0.25) is 0 Å². The molecule has 0 saturated heterocycles. The van der Waals surface area contributed by atoms with Crippen LogP contribution in [-0.2, 0) is 6.42 Å². The SMILES string of the molecule is C1=Cc2c(ccc3[n+]2C2CCC4=CCC3=C42)C1. The van der Waals surface area contributed by atoms with Crippen LogP contribution >= 0.6 is 0 Å². The Balaban J connectivity index is 1.86. The number of nitrogens with zero attached hydrogens (tertiary/aromatic N) is 1. The number of pyridine rings is 1. The van der Waals surface area contributed by atoms with Crippen molar-refractivity contribution in [1.29, 1.82) is 0 Å². The van der Waals surface area contributed by atoms with Crippen LogP contribution in [0.5, 0.6) is 0 Å². The normalized spacial score (nSPS) is 26.4. The Morgan fingerprint density at radius 2 is 2.18 bits per heavy atom. The van der Waals surface area contributed by atoms with Crippen molar-refractivity contribution in [2.24, 2.45) is 0 Å². The Labute approximate surface area is 101 Å². The molecule has 1 aliphatic heterocycles. The van der Waals surface area contributed by atoms with Crippen molar-refractivity contribution < 1.29 is 4.57 Å². The van der Waals surface area contributed by atoms with E-state index in [0.29, 0.717) is 6.04 Å². The van der Waals surface area contributed by atoms with Crippen LogP contribution in [0.25, 0.3) is 11.6 Å². The molecule has 1 aromatic heterocycles. The highest BCUT2D eigenvalue weighted by atomic mass is 15.1. The zero-order valence-electron chi connectivity index (χ0n) is 9.74. The summed E-state index contributed by atoms with van der Waals surface area (Å²) < 4.78 is 2.61. The lowest BCUT2D eigenvalue weighted by atomic mass is 10.1. The second-order valence-corrected chi connectivity index (χ2v) is 5.49. The van der Waals surface area contributed by atoms with Gasteiger partial charge in [0.15, 0.2) is 6.04 Å². The monoisotopic (exact) mass is 220 g/mol. The van der Waals surface area contributed by atoms with E-state index in [0.717, 1.165) is 6.42 Å². The van der Waals surface area contributed by atoms with Crippen molar-refractivity contribution in [3.63, 3.8) is 0 Å². The summed E-state index contributed by atoms with van der Waals surface area (Å²) in [6, 6.07) is 5.34. The van der Waals surface area contributed by atoms with Gasteiger partial charge in [0.2, 0.25) is 11.4 Å². The van der Waals surface area contributed by atoms with Crippen LogP contribution in [0.15, 0.2) is 35.4 Å². The molecule has 0 radical (unpaired) electrons. The summed E-state index contributed by atoms with van der Waals surface area (Å²) in [5.74, 6) is 0. The van der Waals surface area contributed by atoms with E-state index in [1.807, 2.05) is 0 Å². The second-order valence-electron chi connectivity index (χ2n) is 5.49. The van der Waals surface area contributed by atoms with E-state index in [2.05, 4.69) is 34.9 Å². The first-order chi connectivity index (χ1) is 8.43. The van der Waals surface area contributed by atoms with Crippen LogP contribution < -0.4 is 4.57 Å². The molecule has 0 aromatic carbocycles. The first kappa shape index (κ1) is 8.46. The van der Waals surface area contributed by atoms with Crippen molar-refractivity contribution in [3.05, 3.63) is 52.4 Å². The lowest BCUT2D eigenvalue weighted by Crippen LogP contribution is -2.42. The van der Waals surface area contributed by atoms with Gasteiger partial charge in [-0.2, -0.15) is 4.57 Å². The number of hydrogen-bond donors (Lipinski definition) is 0. The fourth-order valence-corrected chi connectivity index (χ4v) is 4.10. The van der Waals surface area contributed by atoms with Crippen molar-refractivity contribution in [2.75, 3.05) is 0 Å². The smallest absolute Gasteiger partial charge is 0.185 e. The van der Waals surface area contributed by atoms with Gasteiger partial charge in [0, 0.05) is 35.3 Å². The highest BCUT2D eigenvalue weighted by molar-refractivity contribution is 5.78. The third-order valence-corrected chi connectivity index (χ3v) is 4.77. The largest absolute Gasteiger partial charge is 0.210 e. The Hall–Kier alpha value is -1.63. The molecule has 3 aliphatic carbocycles. The van der Waals surface area contributed by atoms with Crippen LogP contribution in [-0.4, -0.2) is 0 Å². The van der Waals surface area contributed by atoms with E-state index < -0.39 is 0 Å². The summed E-state index contributed by atoms with van der Waals surface area (Å²) >= 11 is 0. The minimum atomic E-state index is 0.659. The lowest BCUT2D eigenvalue weighted by molar-refractivity contribution is -0.712. The summed E-state index contributed by atoms with van der Waals surface area (Å²) in [4.78, 5) is 0. The van der Waals surface area contributed by atoms with Crippen LogP contribution in [0.1, 0.15) is 42.3 Å². The van der Waals surface area contributed by atoms with Gasteiger partial charge in [-0.3, -0.25) is 0 Å². The van der Waals surface area contributed by atoms with Gasteiger partial charge in [-0.15, -0.1) is 0 Å². The molecule has 0 N–H and O–H groups in total. The van der Waals surface area contributed by atoms with Crippen molar-refractivity contribution >= 4 is 11.6 Å². The Bertz CT molecular complexity index is 658. The average molecular weight is 220 g/mol. The zero-order valence-corrected chi connectivity index (χ0v) is 9.74. The van der Waals surface area contributed by atoms with Crippen molar-refractivity contribution in [2.45, 2.75) is 31.7 Å². The van der Waals surface area contributed by atoms with Gasteiger partial charge >= 0.3 is 0 Å². The van der Waals surface area contributed by atoms with Crippen LogP contribution in [0.4, 0.5) is 0 Å². The number of aromatic nitrogens is 1. The maximum Gasteiger partial charge on any atom is 0.210 e. The van der Waals surface area contributed by atoms with Gasteiger partial charge in [-0.25, -0.2) is 0 Å². The van der Waals surface area contributed by atoms with Crippen LogP contribution in [0, 0.1) is 0 Å². The van der Waals surface area contributed by atoms with Crippen molar-refractivity contribution in [3.8, 4) is 0 Å². The highest BCUT2D eigenvalue weighted by Crippen LogP contribution is 2.50. The van der Waals surface area contributed by atoms with Gasteiger partial charge < -0.3 is 0 Å². The fraction of sp³-hybridized carbons (Fsp3) is 0.312. The molecule has 1 fully saturated rings. The Kier molecular flexibility index (Phi) is 1.30. The number of allylic oxidation sites excluding steroid dienone is 5. The maximum absolute atomic E-state index is 2.61. The third kappa shape index (κ3) is 0.833. The van der Waals surface area contributed by atoms with Gasteiger partial charge in [-0.1, -0.05) is 12.2 Å². The predicted molar refractivity (Wildman–Crippen MR) is 67.3 cm³/mol. The second kappa shape index (κ2) is 2.61. The lowest BCUT2D eigenvalue weighted by Gasteiger charge is -2.07. The summed E-state index contributed by atoms with van der Waals surface area (Å²) in [6.45, 7) is 0. The molecule has 0 bridgehead atoms. The molecule has 2 heterocycles. The predicted octanol–water partition coefficient (Wildman–Crippen LogP) is 2.98. The summed E-state index contributed by atoms with van der Waals surface area (Å²) in [5, 5.41) is 0. The molecular weight excluding hydrogens is 206 g/mol. The molecular formula is C16H14N+. The van der Waals surface area contributed by atoms with E-state index in [-0.39, 0.29) is 0 Å². The first-order valence-corrected chi connectivity index (χ1v) is 6.60. The van der Waals surface area contributed by atoms with Gasteiger partial charge in [-0.05, 0) is 30.9 Å². The van der Waals surface area contributed by atoms with E-state index in [1.54, 1.807) is 16.7 Å².